The van der Waals surface area contributed by atoms with Crippen molar-refractivity contribution in [3.8, 4) is 0 Å². The molecule has 3 heterocycles. The summed E-state index contributed by atoms with van der Waals surface area (Å²) in [4.78, 5) is 43.4. The molecule has 6 rings (SSSR count). The van der Waals surface area contributed by atoms with E-state index in [-0.39, 0.29) is 66.7 Å². The summed E-state index contributed by atoms with van der Waals surface area (Å²) in [5.74, 6) is -1.40. The van der Waals surface area contributed by atoms with Crippen LogP contribution in [-0.4, -0.2) is 61.7 Å². The third kappa shape index (κ3) is 8.53. The lowest BCUT2D eigenvalue weighted by Gasteiger charge is -2.44. The average molecular weight is 812 g/mol. The van der Waals surface area contributed by atoms with Crippen LogP contribution in [-0.2, 0) is 36.4 Å². The zero-order valence-electron chi connectivity index (χ0n) is 30.4. The van der Waals surface area contributed by atoms with Gasteiger partial charge < -0.3 is 9.64 Å². The topological polar surface area (TPSA) is 114 Å². The number of alkyl halides is 9. The molecular formula is C37H34F9N7O4. The molecule has 2 aliphatic rings. The lowest BCUT2D eigenvalue weighted by atomic mass is 9.87. The van der Waals surface area contributed by atoms with Gasteiger partial charge in [-0.1, -0.05) is 24.2 Å². The highest BCUT2D eigenvalue weighted by Gasteiger charge is 2.43. The van der Waals surface area contributed by atoms with Crippen LogP contribution in [0.1, 0.15) is 94.6 Å². The molecule has 3 aromatic carbocycles. The van der Waals surface area contributed by atoms with E-state index in [4.69, 9.17) is 4.74 Å². The first-order valence-electron chi connectivity index (χ1n) is 17.7. The number of carbonyl (C=O) groups is 3. The van der Waals surface area contributed by atoms with E-state index >= 15 is 0 Å². The molecule has 0 aliphatic carbocycles. The number of halogens is 9. The maximum atomic E-state index is 14.2. The van der Waals surface area contributed by atoms with Crippen LogP contribution < -0.4 is 9.80 Å². The fourth-order valence-electron chi connectivity index (χ4n) is 6.94. The Bertz CT molecular complexity index is 2100. The fraction of sp³-hybridized carbons (Fsp3) is 0.405. The number of amides is 3. The van der Waals surface area contributed by atoms with E-state index in [1.165, 1.54) is 17.0 Å². The molecule has 0 radical (unpaired) electrons. The number of aryl methyl sites for hydroxylation is 1. The van der Waals surface area contributed by atoms with Gasteiger partial charge in [-0.2, -0.15) is 44.3 Å². The van der Waals surface area contributed by atoms with Crippen LogP contribution in [0.5, 0.6) is 0 Å². The second-order valence-corrected chi connectivity index (χ2v) is 13.8. The Hall–Kier alpha value is -5.69. The number of nitrogens with zero attached hydrogens (tertiary/aromatic N) is 7. The maximum absolute atomic E-state index is 14.2. The van der Waals surface area contributed by atoms with Crippen LogP contribution in [0.3, 0.4) is 0 Å². The van der Waals surface area contributed by atoms with E-state index in [9.17, 15) is 53.9 Å². The van der Waals surface area contributed by atoms with Crippen LogP contribution in [0.25, 0.3) is 0 Å². The molecule has 0 saturated heterocycles. The van der Waals surface area contributed by atoms with E-state index in [1.807, 2.05) is 0 Å². The summed E-state index contributed by atoms with van der Waals surface area (Å²) in [6, 6.07) is 7.68. The highest BCUT2D eigenvalue weighted by atomic mass is 19.4. The highest BCUT2D eigenvalue weighted by molar-refractivity contribution is 6.21. The lowest BCUT2D eigenvalue weighted by Crippen LogP contribution is -2.48. The summed E-state index contributed by atoms with van der Waals surface area (Å²) in [5, 5.41) is 12.3. The fourth-order valence-corrected chi connectivity index (χ4v) is 6.94. The van der Waals surface area contributed by atoms with Crippen LogP contribution in [0.2, 0.25) is 0 Å². The summed E-state index contributed by atoms with van der Waals surface area (Å²) in [7, 11) is 0. The number of ether oxygens (including phenoxy) is 1. The van der Waals surface area contributed by atoms with Crippen LogP contribution in [0.15, 0.2) is 60.7 Å². The zero-order valence-corrected chi connectivity index (χ0v) is 30.4. The number of aromatic nitrogens is 4. The normalized spacial score (nSPS) is 17.3. The second-order valence-electron chi connectivity index (χ2n) is 13.8. The molecule has 20 heteroatoms. The minimum Gasteiger partial charge on any atom is -0.446 e. The molecule has 11 nitrogen and oxygen atoms in total. The molecule has 0 spiro atoms. The van der Waals surface area contributed by atoms with Gasteiger partial charge in [0.05, 0.1) is 52.2 Å². The highest BCUT2D eigenvalue weighted by Crippen LogP contribution is 2.46. The standard InChI is InChI=1S/C37H34F9N7O4/c1-4-25-18-30(28-17-22(35(38,39)40)10-11-29(28)53(25)34(56)57-20(2)3)51(19-21-14-23(36(41,42)43)16-24(15-21)37(44,45)46)33-47-49-52(48-33)13-7-12-50-31(54)26-8-5-6-9-27(26)32(50)55/h5-6,8-11,14-17,20,25,30H,4,7,12-13,18-19H2,1-3H3/t25-,30+/m1/s1. The molecule has 0 saturated carbocycles. The molecule has 2 aliphatic heterocycles. The van der Waals surface area contributed by atoms with E-state index < -0.39 is 83.4 Å². The minimum atomic E-state index is -5.20. The minimum absolute atomic E-state index is 0.0323. The predicted octanol–water partition coefficient (Wildman–Crippen LogP) is 8.70. The Balaban J connectivity index is 1.42. The molecule has 3 amide bonds. The molecule has 0 unspecified atom stereocenters. The van der Waals surface area contributed by atoms with E-state index in [1.54, 1.807) is 32.9 Å². The summed E-state index contributed by atoms with van der Waals surface area (Å²) in [6.45, 7) is 3.89. The van der Waals surface area contributed by atoms with Crippen molar-refractivity contribution in [2.75, 3.05) is 16.3 Å². The van der Waals surface area contributed by atoms with Crippen molar-refractivity contribution in [1.29, 1.82) is 0 Å². The van der Waals surface area contributed by atoms with Gasteiger partial charge in [0.15, 0.2) is 0 Å². The van der Waals surface area contributed by atoms with Gasteiger partial charge in [0, 0.05) is 19.1 Å². The molecule has 0 N–H and O–H groups in total. The number of rotatable bonds is 10. The number of hydrogen-bond donors (Lipinski definition) is 0. The van der Waals surface area contributed by atoms with Gasteiger partial charge >= 0.3 is 24.6 Å². The maximum Gasteiger partial charge on any atom is 0.416 e. The monoisotopic (exact) mass is 811 g/mol. The number of tetrazole rings is 1. The van der Waals surface area contributed by atoms with Crippen LogP contribution >= 0.6 is 0 Å². The van der Waals surface area contributed by atoms with Gasteiger partial charge in [0.2, 0.25) is 0 Å². The van der Waals surface area contributed by atoms with Crippen molar-refractivity contribution in [1.82, 2.24) is 25.1 Å². The van der Waals surface area contributed by atoms with Crippen LogP contribution in [0, 0.1) is 0 Å². The molecule has 1 aromatic heterocycles. The lowest BCUT2D eigenvalue weighted by molar-refractivity contribution is -0.143. The van der Waals surface area contributed by atoms with Crippen molar-refractivity contribution >= 4 is 29.5 Å². The van der Waals surface area contributed by atoms with Crippen molar-refractivity contribution in [2.45, 2.75) is 89.8 Å². The van der Waals surface area contributed by atoms with Gasteiger partial charge in [-0.15, -0.1) is 5.10 Å². The van der Waals surface area contributed by atoms with Gasteiger partial charge in [0.1, 0.15) is 0 Å². The van der Waals surface area contributed by atoms with Crippen LogP contribution in [0.4, 0.5) is 55.9 Å². The first-order valence-corrected chi connectivity index (χ1v) is 17.7. The Morgan fingerprint density at radius 1 is 0.842 bits per heavy atom. The van der Waals surface area contributed by atoms with E-state index in [0.29, 0.717) is 12.1 Å². The summed E-state index contributed by atoms with van der Waals surface area (Å²) >= 11 is 0. The largest absolute Gasteiger partial charge is 0.446 e. The Kier molecular flexibility index (Phi) is 11.0. The van der Waals surface area contributed by atoms with Crippen molar-refractivity contribution in [2.24, 2.45) is 0 Å². The van der Waals surface area contributed by atoms with Gasteiger partial charge in [0.25, 0.3) is 17.8 Å². The Morgan fingerprint density at radius 2 is 1.44 bits per heavy atom. The number of anilines is 2. The third-order valence-electron chi connectivity index (χ3n) is 9.53. The van der Waals surface area contributed by atoms with Gasteiger partial charge in [-0.3, -0.25) is 19.4 Å². The number of benzene rings is 3. The predicted molar refractivity (Wildman–Crippen MR) is 184 cm³/mol. The third-order valence-corrected chi connectivity index (χ3v) is 9.53. The Morgan fingerprint density at radius 3 is 1.98 bits per heavy atom. The number of imide groups is 1. The van der Waals surface area contributed by atoms with E-state index in [0.717, 1.165) is 32.8 Å². The molecule has 0 fully saturated rings. The molecule has 304 valence electrons. The quantitative estimate of drug-likeness (QED) is 0.116. The van der Waals surface area contributed by atoms with Crippen molar-refractivity contribution < 1.29 is 58.6 Å². The van der Waals surface area contributed by atoms with E-state index in [2.05, 4.69) is 15.4 Å². The van der Waals surface area contributed by atoms with Crippen molar-refractivity contribution in [3.05, 3.63) is 99.6 Å². The second kappa shape index (κ2) is 15.3. The number of hydrogen-bond acceptors (Lipinski definition) is 8. The van der Waals surface area contributed by atoms with Gasteiger partial charge in [-0.05, 0) is 98.0 Å². The average Bonchev–Trinajstić information content (AvgIpc) is 3.70. The summed E-state index contributed by atoms with van der Waals surface area (Å²) in [6.07, 6.45) is -16.7. The van der Waals surface area contributed by atoms with Crippen molar-refractivity contribution in [3.63, 3.8) is 0 Å². The SMILES string of the molecule is CC[C@@H]1C[C@H](N(Cc2cc(C(F)(F)F)cc(C(F)(F)F)c2)c2nnn(CCCN3C(=O)c4ccccc4C3=O)n2)c2cc(C(F)(F)F)ccc2N1C(=O)OC(C)C. The molecule has 57 heavy (non-hydrogen) atoms. The van der Waals surface area contributed by atoms with Gasteiger partial charge in [-0.25, -0.2) is 4.79 Å². The summed E-state index contributed by atoms with van der Waals surface area (Å²) in [5.41, 5.74) is -4.63. The number of carbonyl (C=O) groups excluding carboxylic acids is 3. The molecule has 0 bridgehead atoms. The Labute approximate surface area is 319 Å². The molecule has 4 aromatic rings. The number of fused-ring (bicyclic) bond motifs is 2. The first-order chi connectivity index (χ1) is 26.7. The summed E-state index contributed by atoms with van der Waals surface area (Å²) < 4.78 is 132. The zero-order chi connectivity index (χ0) is 41.6. The molecule has 2 atom stereocenters. The smallest absolute Gasteiger partial charge is 0.416 e. The first kappa shape index (κ1) is 41.0. The molecular weight excluding hydrogens is 777 g/mol.